The first-order chi connectivity index (χ1) is 11.1. The van der Waals surface area contributed by atoms with E-state index < -0.39 is 0 Å². The fraction of sp³-hybridized carbons (Fsp3) is 0.438. The summed E-state index contributed by atoms with van der Waals surface area (Å²) in [6.07, 6.45) is 2.18. The summed E-state index contributed by atoms with van der Waals surface area (Å²) in [6, 6.07) is 8.05. The van der Waals surface area contributed by atoms with Crippen LogP contribution in [0.15, 0.2) is 29.4 Å². The summed E-state index contributed by atoms with van der Waals surface area (Å²) in [5.74, 6) is 1.63. The Hall–Kier alpha value is -2.02. The highest BCUT2D eigenvalue weighted by molar-refractivity contribution is 8.00. The zero-order valence-electron chi connectivity index (χ0n) is 13.4. The van der Waals surface area contributed by atoms with Crippen molar-refractivity contribution in [2.45, 2.75) is 36.2 Å². The van der Waals surface area contributed by atoms with Crippen LogP contribution in [-0.4, -0.2) is 39.1 Å². The van der Waals surface area contributed by atoms with Crippen molar-refractivity contribution in [3.05, 3.63) is 24.3 Å². The highest BCUT2D eigenvalue weighted by atomic mass is 32.2. The fourth-order valence-electron chi connectivity index (χ4n) is 2.17. The number of ether oxygens (including phenoxy) is 1. The van der Waals surface area contributed by atoms with Gasteiger partial charge in [0.15, 0.2) is 11.0 Å². The Morgan fingerprint density at radius 1 is 1.35 bits per heavy atom. The largest absolute Gasteiger partial charge is 0.497 e. The number of amides is 1. The van der Waals surface area contributed by atoms with Crippen molar-refractivity contribution in [1.29, 1.82) is 0 Å². The molecule has 1 aliphatic rings. The molecule has 0 spiro atoms. The lowest BCUT2D eigenvalue weighted by Crippen LogP contribution is -2.32. The molecular weight excluding hydrogens is 312 g/mol. The summed E-state index contributed by atoms with van der Waals surface area (Å²) in [7, 11) is 3.55. The zero-order chi connectivity index (χ0) is 16.4. The molecule has 1 aromatic carbocycles. The molecule has 1 amide bonds. The monoisotopic (exact) mass is 332 g/mol. The summed E-state index contributed by atoms with van der Waals surface area (Å²) in [6.45, 7) is 1.89. The van der Waals surface area contributed by atoms with E-state index in [4.69, 9.17) is 4.74 Å². The predicted molar refractivity (Wildman–Crippen MR) is 89.5 cm³/mol. The van der Waals surface area contributed by atoms with Gasteiger partial charge in [-0.2, -0.15) is 0 Å². The van der Waals surface area contributed by atoms with Crippen molar-refractivity contribution in [2.24, 2.45) is 7.05 Å². The molecule has 0 bridgehead atoms. The fourth-order valence-corrected chi connectivity index (χ4v) is 2.99. The molecule has 6 nitrogen and oxygen atoms in total. The molecule has 1 heterocycles. The van der Waals surface area contributed by atoms with E-state index in [1.165, 1.54) is 11.8 Å². The van der Waals surface area contributed by atoms with Crippen LogP contribution in [0.1, 0.15) is 19.8 Å². The van der Waals surface area contributed by atoms with Gasteiger partial charge < -0.3 is 14.6 Å². The van der Waals surface area contributed by atoms with Crippen molar-refractivity contribution in [1.82, 2.24) is 20.1 Å². The third-order valence-electron chi connectivity index (χ3n) is 3.76. The van der Waals surface area contributed by atoms with Gasteiger partial charge in [0, 0.05) is 18.7 Å². The number of carbonyl (C=O) groups excluding carboxylic acids is 1. The van der Waals surface area contributed by atoms with Gasteiger partial charge in [-0.25, -0.2) is 0 Å². The molecule has 1 fully saturated rings. The van der Waals surface area contributed by atoms with E-state index in [1.807, 2.05) is 42.8 Å². The lowest BCUT2D eigenvalue weighted by Gasteiger charge is -2.11. The van der Waals surface area contributed by atoms with Crippen LogP contribution in [-0.2, 0) is 11.8 Å². The number of thioether (sulfide) groups is 1. The third-order valence-corrected chi connectivity index (χ3v) is 4.89. The highest BCUT2D eigenvalue weighted by Crippen LogP contribution is 2.27. The normalized spacial score (nSPS) is 15.3. The van der Waals surface area contributed by atoms with E-state index >= 15 is 0 Å². The molecule has 0 radical (unpaired) electrons. The second-order valence-corrected chi connectivity index (χ2v) is 6.94. The molecule has 1 saturated carbocycles. The van der Waals surface area contributed by atoms with Crippen molar-refractivity contribution < 1.29 is 9.53 Å². The summed E-state index contributed by atoms with van der Waals surface area (Å²) in [5.41, 5.74) is 0.961. The third kappa shape index (κ3) is 3.67. The Balaban J connectivity index is 1.71. The molecular formula is C16H20N4O2S. The number of rotatable bonds is 6. The van der Waals surface area contributed by atoms with Gasteiger partial charge in [0.25, 0.3) is 0 Å². The van der Waals surface area contributed by atoms with Gasteiger partial charge in [-0.1, -0.05) is 11.8 Å². The number of hydrogen-bond donors (Lipinski definition) is 1. The van der Waals surface area contributed by atoms with Crippen molar-refractivity contribution in [2.75, 3.05) is 7.11 Å². The Labute approximate surface area is 139 Å². The zero-order valence-corrected chi connectivity index (χ0v) is 14.3. The van der Waals surface area contributed by atoms with E-state index in [-0.39, 0.29) is 11.2 Å². The molecule has 1 aliphatic carbocycles. The molecule has 0 unspecified atom stereocenters. The van der Waals surface area contributed by atoms with Crippen LogP contribution in [0.2, 0.25) is 0 Å². The van der Waals surface area contributed by atoms with Crippen molar-refractivity contribution in [3.63, 3.8) is 0 Å². The number of methoxy groups -OCH3 is 1. The Morgan fingerprint density at radius 2 is 2.04 bits per heavy atom. The van der Waals surface area contributed by atoms with Gasteiger partial charge >= 0.3 is 0 Å². The maximum absolute atomic E-state index is 12.1. The minimum atomic E-state index is -0.192. The molecule has 3 rings (SSSR count). The van der Waals surface area contributed by atoms with Crippen molar-refractivity contribution >= 4 is 17.7 Å². The first-order valence-electron chi connectivity index (χ1n) is 7.59. The quantitative estimate of drug-likeness (QED) is 0.822. The molecule has 0 aliphatic heterocycles. The lowest BCUT2D eigenvalue weighted by molar-refractivity contribution is -0.120. The molecule has 122 valence electrons. The minimum absolute atomic E-state index is 0.0616. The number of nitrogens with zero attached hydrogens (tertiary/aromatic N) is 3. The molecule has 23 heavy (non-hydrogen) atoms. The average Bonchev–Trinajstić information content (AvgIpc) is 3.31. The van der Waals surface area contributed by atoms with E-state index in [1.54, 1.807) is 7.11 Å². The molecule has 2 aromatic rings. The summed E-state index contributed by atoms with van der Waals surface area (Å²) in [4.78, 5) is 12.1. The molecule has 0 saturated heterocycles. The average molecular weight is 332 g/mol. The Kier molecular flexibility index (Phi) is 4.56. The van der Waals surface area contributed by atoms with E-state index in [9.17, 15) is 4.79 Å². The van der Waals surface area contributed by atoms with Gasteiger partial charge in [-0.3, -0.25) is 4.79 Å². The summed E-state index contributed by atoms with van der Waals surface area (Å²) in [5, 5.41) is 12.0. The van der Waals surface area contributed by atoms with Crippen LogP contribution >= 0.6 is 11.8 Å². The molecule has 7 heteroatoms. The van der Waals surface area contributed by atoms with Crippen LogP contribution in [0.3, 0.4) is 0 Å². The molecule has 1 aromatic heterocycles. The topological polar surface area (TPSA) is 69.0 Å². The molecule has 1 N–H and O–H groups in total. The SMILES string of the molecule is COc1ccc(-c2nnc(S[C@H](C)C(=O)NC3CC3)n2C)cc1. The first-order valence-corrected chi connectivity index (χ1v) is 8.47. The van der Waals surface area contributed by atoms with Crippen LogP contribution in [0.4, 0.5) is 0 Å². The summed E-state index contributed by atoms with van der Waals surface area (Å²) < 4.78 is 7.07. The predicted octanol–water partition coefficient (Wildman–Crippen LogP) is 2.25. The number of hydrogen-bond acceptors (Lipinski definition) is 5. The number of nitrogens with one attached hydrogen (secondary N) is 1. The second-order valence-electron chi connectivity index (χ2n) is 5.64. The van der Waals surface area contributed by atoms with E-state index in [0.717, 1.165) is 35.1 Å². The number of carbonyl (C=O) groups is 1. The van der Waals surface area contributed by atoms with Crippen LogP contribution in [0.25, 0.3) is 11.4 Å². The second kappa shape index (κ2) is 6.62. The smallest absolute Gasteiger partial charge is 0.233 e. The summed E-state index contributed by atoms with van der Waals surface area (Å²) >= 11 is 1.42. The standard InChI is InChI=1S/C16H20N4O2S/c1-10(15(21)17-12-6-7-12)23-16-19-18-14(20(16)2)11-4-8-13(22-3)9-5-11/h4-5,8-10,12H,6-7H2,1-3H3,(H,17,21)/t10-/m1/s1. The van der Waals surface area contributed by atoms with Gasteiger partial charge in [0.1, 0.15) is 5.75 Å². The van der Waals surface area contributed by atoms with Crippen LogP contribution < -0.4 is 10.1 Å². The Bertz CT molecular complexity index is 695. The van der Waals surface area contributed by atoms with E-state index in [0.29, 0.717) is 6.04 Å². The van der Waals surface area contributed by atoms with Crippen LogP contribution in [0.5, 0.6) is 5.75 Å². The highest BCUT2D eigenvalue weighted by Gasteiger charge is 2.27. The minimum Gasteiger partial charge on any atom is -0.497 e. The van der Waals surface area contributed by atoms with Crippen molar-refractivity contribution in [3.8, 4) is 17.1 Å². The van der Waals surface area contributed by atoms with E-state index in [2.05, 4.69) is 15.5 Å². The maximum Gasteiger partial charge on any atom is 0.233 e. The number of aromatic nitrogens is 3. The van der Waals surface area contributed by atoms with Gasteiger partial charge in [-0.15, -0.1) is 10.2 Å². The maximum atomic E-state index is 12.1. The van der Waals surface area contributed by atoms with Crippen LogP contribution in [0, 0.1) is 0 Å². The van der Waals surface area contributed by atoms with Gasteiger partial charge in [0.05, 0.1) is 12.4 Å². The Morgan fingerprint density at radius 3 is 2.65 bits per heavy atom. The molecule has 1 atom stereocenters. The van der Waals surface area contributed by atoms with Gasteiger partial charge in [-0.05, 0) is 44.0 Å². The number of benzene rings is 1. The van der Waals surface area contributed by atoms with Gasteiger partial charge in [0.2, 0.25) is 5.91 Å². The first kappa shape index (κ1) is 15.9. The lowest BCUT2D eigenvalue weighted by atomic mass is 10.2.